The summed E-state index contributed by atoms with van der Waals surface area (Å²) >= 11 is 0. The number of rotatable bonds is 13. The first-order chi connectivity index (χ1) is 9.18. The van der Waals surface area contributed by atoms with Crippen LogP contribution < -0.4 is 0 Å². The summed E-state index contributed by atoms with van der Waals surface area (Å²) in [7, 11) is 0. The largest absolute Gasteiger partial charge is 0.368 e. The van der Waals surface area contributed by atoms with Crippen LogP contribution in [0.1, 0.15) is 84.5 Å². The molecule has 0 aromatic carbocycles. The van der Waals surface area contributed by atoms with Crippen molar-refractivity contribution >= 4 is 0 Å². The lowest BCUT2D eigenvalue weighted by Crippen LogP contribution is -2.15. The van der Waals surface area contributed by atoms with Gasteiger partial charge in [0.05, 0.1) is 0 Å². The highest BCUT2D eigenvalue weighted by molar-refractivity contribution is 4.83. The minimum Gasteiger partial charge on any atom is -0.368 e. The Labute approximate surface area is 119 Å². The van der Waals surface area contributed by atoms with Gasteiger partial charge >= 0.3 is 0 Å². The van der Waals surface area contributed by atoms with E-state index in [0.29, 0.717) is 0 Å². The second-order valence-corrected chi connectivity index (χ2v) is 5.72. The lowest BCUT2D eigenvalue weighted by atomic mass is 10.1. The van der Waals surface area contributed by atoms with Crippen LogP contribution in [-0.2, 0) is 0 Å². The minimum absolute atomic E-state index is 0.0561. The van der Waals surface area contributed by atoms with Crippen molar-refractivity contribution in [3.63, 3.8) is 0 Å². The van der Waals surface area contributed by atoms with Crippen LogP contribution in [0.2, 0.25) is 0 Å². The lowest BCUT2D eigenvalue weighted by molar-refractivity contribution is -0.0773. The first-order valence-electron chi connectivity index (χ1n) is 8.19. The molecule has 1 atom stereocenters. The molecule has 0 heterocycles. The Balaban J connectivity index is 3.16. The molecule has 0 saturated carbocycles. The van der Waals surface area contributed by atoms with E-state index in [2.05, 4.69) is 19.1 Å². The zero-order valence-corrected chi connectivity index (χ0v) is 13.0. The fraction of sp³-hybridized carbons (Fsp3) is 0.882. The molecule has 2 nitrogen and oxygen atoms in total. The fourth-order valence-electron chi connectivity index (χ4n) is 2.12. The van der Waals surface area contributed by atoms with Crippen LogP contribution >= 0.6 is 0 Å². The molecule has 0 radical (unpaired) electrons. The van der Waals surface area contributed by atoms with Gasteiger partial charge in [0.25, 0.3) is 0 Å². The van der Waals surface area contributed by atoms with Gasteiger partial charge in [0.1, 0.15) is 0 Å². The van der Waals surface area contributed by atoms with Crippen molar-refractivity contribution in [1.82, 2.24) is 0 Å². The summed E-state index contributed by atoms with van der Waals surface area (Å²) in [4.78, 5) is 0. The average Bonchev–Trinajstić information content (AvgIpc) is 2.39. The molecular weight excluding hydrogens is 236 g/mol. The van der Waals surface area contributed by atoms with Gasteiger partial charge in [-0.05, 0) is 19.3 Å². The van der Waals surface area contributed by atoms with E-state index in [1.807, 2.05) is 6.92 Å². The van der Waals surface area contributed by atoms with Crippen molar-refractivity contribution in [3.05, 3.63) is 12.2 Å². The predicted octanol–water partition coefficient (Wildman–Crippen LogP) is 4.80. The van der Waals surface area contributed by atoms with Gasteiger partial charge in [-0.15, -0.1) is 0 Å². The normalized spacial score (nSPS) is 13.5. The van der Waals surface area contributed by atoms with Gasteiger partial charge in [0.15, 0.2) is 6.29 Å². The quantitative estimate of drug-likeness (QED) is 0.287. The smallest absolute Gasteiger partial charge is 0.154 e. The predicted molar refractivity (Wildman–Crippen MR) is 83.0 cm³/mol. The highest BCUT2D eigenvalue weighted by Crippen LogP contribution is 2.11. The molecule has 0 aliphatic heterocycles. The molecule has 0 bridgehead atoms. The van der Waals surface area contributed by atoms with E-state index in [4.69, 9.17) is 10.2 Å². The zero-order valence-electron chi connectivity index (χ0n) is 13.0. The number of hydrogen-bond acceptors (Lipinski definition) is 2. The maximum atomic E-state index is 8.92. The molecule has 0 unspecified atom stereocenters. The Hall–Kier alpha value is -0.340. The van der Waals surface area contributed by atoms with E-state index >= 15 is 0 Å². The van der Waals surface area contributed by atoms with Crippen molar-refractivity contribution in [2.24, 2.45) is 5.92 Å². The molecule has 0 spiro atoms. The zero-order chi connectivity index (χ0) is 14.3. The van der Waals surface area contributed by atoms with E-state index in [0.717, 1.165) is 12.8 Å². The maximum Gasteiger partial charge on any atom is 0.154 e. The Bertz CT molecular complexity index is 199. The van der Waals surface area contributed by atoms with Gasteiger partial charge in [-0.3, -0.25) is 0 Å². The third-order valence-corrected chi connectivity index (χ3v) is 3.66. The molecule has 2 N–H and O–H groups in total. The Morgan fingerprint density at radius 1 is 0.789 bits per heavy atom. The summed E-state index contributed by atoms with van der Waals surface area (Å²) in [5, 5.41) is 17.8. The number of unbranched alkanes of at least 4 members (excludes halogenated alkanes) is 9. The third-order valence-electron chi connectivity index (χ3n) is 3.66. The summed E-state index contributed by atoms with van der Waals surface area (Å²) in [6.45, 7) is 4.11. The topological polar surface area (TPSA) is 40.5 Å². The number of aliphatic hydroxyl groups is 2. The van der Waals surface area contributed by atoms with Gasteiger partial charge < -0.3 is 10.2 Å². The molecule has 0 rings (SSSR count). The van der Waals surface area contributed by atoms with E-state index < -0.39 is 6.29 Å². The second kappa shape index (κ2) is 14.1. The summed E-state index contributed by atoms with van der Waals surface area (Å²) in [5.74, 6) is -0.0561. The van der Waals surface area contributed by atoms with Crippen LogP contribution in [0.5, 0.6) is 0 Å². The van der Waals surface area contributed by atoms with Crippen molar-refractivity contribution in [2.75, 3.05) is 0 Å². The Kier molecular flexibility index (Phi) is 13.8. The standard InChI is InChI=1S/C17H34O2/c1-3-4-5-6-7-8-9-10-11-12-13-14-15-16(2)17(18)19/h13-14,16-19H,3-12,15H2,1-2H3/b14-13+/t16-/m1/s1. The second-order valence-electron chi connectivity index (χ2n) is 5.72. The van der Waals surface area contributed by atoms with Gasteiger partial charge in [-0.1, -0.05) is 77.4 Å². The third kappa shape index (κ3) is 13.9. The number of allylic oxidation sites excluding steroid dienone is 2. The molecule has 2 heteroatoms. The lowest BCUT2D eigenvalue weighted by Gasteiger charge is -2.09. The van der Waals surface area contributed by atoms with Crippen LogP contribution in [0.25, 0.3) is 0 Å². The first kappa shape index (κ1) is 18.7. The number of hydrogen-bond donors (Lipinski definition) is 2. The van der Waals surface area contributed by atoms with Gasteiger partial charge in [-0.2, -0.15) is 0 Å². The highest BCUT2D eigenvalue weighted by Gasteiger charge is 2.06. The summed E-state index contributed by atoms with van der Waals surface area (Å²) in [5.41, 5.74) is 0. The summed E-state index contributed by atoms with van der Waals surface area (Å²) < 4.78 is 0. The van der Waals surface area contributed by atoms with Crippen LogP contribution in [-0.4, -0.2) is 16.5 Å². The van der Waals surface area contributed by atoms with Crippen LogP contribution in [0, 0.1) is 5.92 Å². The monoisotopic (exact) mass is 270 g/mol. The molecule has 0 fully saturated rings. The van der Waals surface area contributed by atoms with Crippen LogP contribution in [0.3, 0.4) is 0 Å². The fourth-order valence-corrected chi connectivity index (χ4v) is 2.12. The molecule has 0 aliphatic rings. The van der Waals surface area contributed by atoms with E-state index in [1.54, 1.807) is 0 Å². The molecule has 0 saturated heterocycles. The van der Waals surface area contributed by atoms with Gasteiger partial charge in [-0.25, -0.2) is 0 Å². The van der Waals surface area contributed by atoms with E-state index in [-0.39, 0.29) is 5.92 Å². The summed E-state index contributed by atoms with van der Waals surface area (Å²) in [6, 6.07) is 0. The molecule has 0 amide bonds. The average molecular weight is 270 g/mol. The molecule has 0 aromatic heterocycles. The highest BCUT2D eigenvalue weighted by atomic mass is 16.5. The van der Waals surface area contributed by atoms with E-state index in [1.165, 1.54) is 57.8 Å². The maximum absolute atomic E-state index is 8.92. The molecule has 114 valence electrons. The molecule has 0 aliphatic carbocycles. The SMILES string of the molecule is CCCCCCCCCCC/C=C/C[C@@H](C)C(O)O. The minimum atomic E-state index is -1.18. The summed E-state index contributed by atoms with van der Waals surface area (Å²) in [6.07, 6.45) is 17.3. The van der Waals surface area contributed by atoms with Gasteiger partial charge in [0, 0.05) is 5.92 Å². The molecular formula is C17H34O2. The van der Waals surface area contributed by atoms with Crippen molar-refractivity contribution in [3.8, 4) is 0 Å². The Morgan fingerprint density at radius 3 is 1.84 bits per heavy atom. The number of aliphatic hydroxyl groups excluding tert-OH is 1. The first-order valence-corrected chi connectivity index (χ1v) is 8.19. The Morgan fingerprint density at radius 2 is 1.32 bits per heavy atom. The molecule has 0 aromatic rings. The van der Waals surface area contributed by atoms with Crippen LogP contribution in [0.15, 0.2) is 12.2 Å². The van der Waals surface area contributed by atoms with Crippen molar-refractivity contribution in [2.45, 2.75) is 90.8 Å². The van der Waals surface area contributed by atoms with E-state index in [9.17, 15) is 0 Å². The molecule has 19 heavy (non-hydrogen) atoms. The van der Waals surface area contributed by atoms with Gasteiger partial charge in [0.2, 0.25) is 0 Å². The van der Waals surface area contributed by atoms with Crippen molar-refractivity contribution < 1.29 is 10.2 Å². The van der Waals surface area contributed by atoms with Crippen molar-refractivity contribution in [1.29, 1.82) is 0 Å². The van der Waals surface area contributed by atoms with Crippen LogP contribution in [0.4, 0.5) is 0 Å².